The zero-order chi connectivity index (χ0) is 15.1. The minimum Gasteiger partial charge on any atom is -0.153 e. The van der Waals surface area contributed by atoms with E-state index < -0.39 is 0 Å². The molecule has 1 aromatic carbocycles. The first-order valence-corrected chi connectivity index (χ1v) is 10.4. The SMILES string of the molecule is CCCCSC1CC2=C(Sc3ccccc31)C1CC1C(C)=C2. The predicted octanol–water partition coefficient (Wildman–Crippen LogP) is 6.61. The van der Waals surface area contributed by atoms with E-state index in [1.54, 1.807) is 21.6 Å². The van der Waals surface area contributed by atoms with Crippen LogP contribution in [0.4, 0.5) is 0 Å². The average molecular weight is 329 g/mol. The van der Waals surface area contributed by atoms with Crippen molar-refractivity contribution in [2.24, 2.45) is 11.8 Å². The topological polar surface area (TPSA) is 0 Å². The largest absolute Gasteiger partial charge is 0.153 e. The first-order chi connectivity index (χ1) is 10.8. The molecule has 1 saturated carbocycles. The highest BCUT2D eigenvalue weighted by Gasteiger charge is 2.45. The van der Waals surface area contributed by atoms with Crippen molar-refractivity contribution < 1.29 is 0 Å². The van der Waals surface area contributed by atoms with Crippen molar-refractivity contribution in [1.29, 1.82) is 0 Å². The van der Waals surface area contributed by atoms with Crippen LogP contribution in [0.5, 0.6) is 0 Å². The number of unbranched alkanes of at least 4 members (excludes halogenated alkanes) is 1. The van der Waals surface area contributed by atoms with Crippen molar-refractivity contribution >= 4 is 23.5 Å². The molecule has 2 aliphatic carbocycles. The molecule has 0 radical (unpaired) electrons. The minimum absolute atomic E-state index is 0.641. The molecule has 0 saturated heterocycles. The molecule has 4 rings (SSSR count). The molecule has 22 heavy (non-hydrogen) atoms. The van der Waals surface area contributed by atoms with Crippen LogP contribution < -0.4 is 0 Å². The molecule has 1 aromatic rings. The third-order valence-electron chi connectivity index (χ3n) is 5.14. The summed E-state index contributed by atoms with van der Waals surface area (Å²) in [6.07, 6.45) is 7.78. The first-order valence-electron chi connectivity index (χ1n) is 8.57. The van der Waals surface area contributed by atoms with Gasteiger partial charge in [-0.3, -0.25) is 0 Å². The molecule has 3 unspecified atom stereocenters. The summed E-state index contributed by atoms with van der Waals surface area (Å²) in [5.74, 6) is 3.00. The van der Waals surface area contributed by atoms with Gasteiger partial charge in [-0.25, -0.2) is 0 Å². The number of hydrogen-bond donors (Lipinski definition) is 0. The maximum Gasteiger partial charge on any atom is 0.0349 e. The maximum atomic E-state index is 2.52. The molecule has 1 aliphatic heterocycles. The molecule has 0 spiro atoms. The molecule has 116 valence electrons. The number of rotatable bonds is 4. The zero-order valence-electron chi connectivity index (χ0n) is 13.5. The van der Waals surface area contributed by atoms with Gasteiger partial charge in [0.1, 0.15) is 0 Å². The van der Waals surface area contributed by atoms with Crippen LogP contribution in [0.15, 0.2) is 51.3 Å². The van der Waals surface area contributed by atoms with Gasteiger partial charge in [0.2, 0.25) is 0 Å². The van der Waals surface area contributed by atoms with Gasteiger partial charge in [0.25, 0.3) is 0 Å². The van der Waals surface area contributed by atoms with Crippen molar-refractivity contribution in [2.75, 3.05) is 5.75 Å². The average Bonchev–Trinajstić information content (AvgIpc) is 3.32. The predicted molar refractivity (Wildman–Crippen MR) is 99.4 cm³/mol. The molecule has 0 aromatic heterocycles. The maximum absolute atomic E-state index is 2.52. The molecule has 1 fully saturated rings. The molecule has 0 N–H and O–H groups in total. The minimum atomic E-state index is 0.641. The van der Waals surface area contributed by atoms with E-state index in [0.717, 1.165) is 11.8 Å². The summed E-state index contributed by atoms with van der Waals surface area (Å²) in [7, 11) is 0. The van der Waals surface area contributed by atoms with Gasteiger partial charge in [0.05, 0.1) is 0 Å². The van der Waals surface area contributed by atoms with E-state index in [2.05, 4.69) is 67.7 Å². The van der Waals surface area contributed by atoms with Crippen LogP contribution >= 0.6 is 23.5 Å². The Bertz CT molecular complexity index is 641. The third kappa shape index (κ3) is 2.69. The molecule has 0 nitrogen and oxygen atoms in total. The van der Waals surface area contributed by atoms with E-state index in [1.165, 1.54) is 36.3 Å². The van der Waals surface area contributed by atoms with Gasteiger partial charge in [0.15, 0.2) is 0 Å². The van der Waals surface area contributed by atoms with Crippen molar-refractivity contribution in [3.63, 3.8) is 0 Å². The summed E-state index contributed by atoms with van der Waals surface area (Å²) in [4.78, 5) is 3.21. The Morgan fingerprint density at radius 1 is 1.23 bits per heavy atom. The summed E-state index contributed by atoms with van der Waals surface area (Å²) in [6.45, 7) is 4.63. The van der Waals surface area contributed by atoms with Gasteiger partial charge in [-0.2, -0.15) is 11.8 Å². The lowest BCUT2D eigenvalue weighted by molar-refractivity contribution is 0.840. The molecule has 1 heterocycles. The third-order valence-corrected chi connectivity index (χ3v) is 7.86. The fourth-order valence-electron chi connectivity index (χ4n) is 3.77. The monoisotopic (exact) mass is 328 g/mol. The van der Waals surface area contributed by atoms with Gasteiger partial charge in [-0.05, 0) is 65.9 Å². The molecular formula is C20H24S2. The highest BCUT2D eigenvalue weighted by Crippen LogP contribution is 2.60. The van der Waals surface area contributed by atoms with E-state index in [1.807, 2.05) is 0 Å². The van der Waals surface area contributed by atoms with Gasteiger partial charge in [-0.15, -0.1) is 0 Å². The second-order valence-electron chi connectivity index (χ2n) is 6.78. The standard InChI is InChI=1S/C20H24S2/c1-3-4-9-21-19-11-14-10-13(2)16-12-17(16)20(14)22-18-8-6-5-7-15(18)19/h5-8,10,16-17,19H,3-4,9,11-12H2,1-2H3. The molecular weight excluding hydrogens is 304 g/mol. The summed E-state index contributed by atoms with van der Waals surface area (Å²) in [6, 6.07) is 9.13. The highest BCUT2D eigenvalue weighted by molar-refractivity contribution is 8.03. The van der Waals surface area contributed by atoms with Crippen molar-refractivity contribution in [2.45, 2.75) is 49.7 Å². The summed E-state index contributed by atoms with van der Waals surface area (Å²) in [5.41, 5.74) is 4.85. The number of allylic oxidation sites excluding steroid dienone is 4. The van der Waals surface area contributed by atoms with Crippen LogP contribution in [0.3, 0.4) is 0 Å². The van der Waals surface area contributed by atoms with Crippen LogP contribution in [0.1, 0.15) is 50.3 Å². The van der Waals surface area contributed by atoms with Gasteiger partial charge in [0, 0.05) is 10.1 Å². The van der Waals surface area contributed by atoms with E-state index >= 15 is 0 Å². The number of thioether (sulfide) groups is 2. The fourth-order valence-corrected chi connectivity index (χ4v) is 6.66. The number of hydrogen-bond acceptors (Lipinski definition) is 2. The Labute approximate surface area is 142 Å². The summed E-state index contributed by atoms with van der Waals surface area (Å²) < 4.78 is 0. The Kier molecular flexibility index (Phi) is 4.17. The second kappa shape index (κ2) is 6.13. The van der Waals surface area contributed by atoms with Crippen molar-refractivity contribution in [3.8, 4) is 0 Å². The van der Waals surface area contributed by atoms with Crippen LogP contribution in [-0.2, 0) is 0 Å². The lowest BCUT2D eigenvalue weighted by Gasteiger charge is -2.19. The Morgan fingerprint density at radius 3 is 2.95 bits per heavy atom. The Morgan fingerprint density at radius 2 is 2.09 bits per heavy atom. The number of fused-ring (bicyclic) bond motifs is 3. The highest BCUT2D eigenvalue weighted by atomic mass is 32.2. The van der Waals surface area contributed by atoms with Crippen molar-refractivity contribution in [1.82, 2.24) is 0 Å². The quantitative estimate of drug-likeness (QED) is 0.571. The summed E-state index contributed by atoms with van der Waals surface area (Å²) in [5, 5.41) is 0.641. The molecule has 3 atom stereocenters. The normalized spacial score (nSPS) is 29.2. The Balaban J connectivity index is 1.67. The summed E-state index contributed by atoms with van der Waals surface area (Å²) >= 11 is 4.25. The number of benzene rings is 1. The molecule has 3 aliphatic rings. The lowest BCUT2D eigenvalue weighted by atomic mass is 9.95. The first kappa shape index (κ1) is 15.0. The van der Waals surface area contributed by atoms with Gasteiger partial charge in [-0.1, -0.05) is 55.0 Å². The van der Waals surface area contributed by atoms with E-state index in [-0.39, 0.29) is 0 Å². The smallest absolute Gasteiger partial charge is 0.0349 e. The van der Waals surface area contributed by atoms with Crippen LogP contribution in [0.25, 0.3) is 0 Å². The molecule has 0 bridgehead atoms. The van der Waals surface area contributed by atoms with Gasteiger partial charge < -0.3 is 0 Å². The fraction of sp³-hybridized carbons (Fsp3) is 0.500. The van der Waals surface area contributed by atoms with Crippen LogP contribution in [0.2, 0.25) is 0 Å². The van der Waals surface area contributed by atoms with E-state index in [9.17, 15) is 0 Å². The van der Waals surface area contributed by atoms with Crippen LogP contribution in [0, 0.1) is 11.8 Å². The van der Waals surface area contributed by atoms with Crippen LogP contribution in [-0.4, -0.2) is 5.75 Å². The van der Waals surface area contributed by atoms with Crippen molar-refractivity contribution in [3.05, 3.63) is 52.0 Å². The Hall–Kier alpha value is -0.600. The second-order valence-corrected chi connectivity index (χ2v) is 9.18. The zero-order valence-corrected chi connectivity index (χ0v) is 15.1. The lowest BCUT2D eigenvalue weighted by Crippen LogP contribution is -2.01. The van der Waals surface area contributed by atoms with E-state index in [0.29, 0.717) is 5.25 Å². The van der Waals surface area contributed by atoms with Gasteiger partial charge >= 0.3 is 0 Å². The molecule has 0 amide bonds. The van der Waals surface area contributed by atoms with E-state index in [4.69, 9.17) is 0 Å². The molecule has 2 heteroatoms.